The van der Waals surface area contributed by atoms with Crippen molar-refractivity contribution in [1.82, 2.24) is 4.98 Å². The first kappa shape index (κ1) is 23.1. The number of aromatic nitrogens is 1. The SMILES string of the molecule is C#C.C/C=C\C=C(/C(C)=NC)c1cnc(C)c(C)c1.CCCC. The Hall–Kier alpha value is -2.14. The van der Waals surface area contributed by atoms with E-state index in [2.05, 4.69) is 55.7 Å². The molecule has 0 fully saturated rings. The zero-order valence-corrected chi connectivity index (χ0v) is 15.9. The third kappa shape index (κ3) is 9.47. The molecule has 1 aromatic rings. The first-order valence-electron chi connectivity index (χ1n) is 8.05. The summed E-state index contributed by atoms with van der Waals surface area (Å²) in [5.74, 6) is 0. The van der Waals surface area contributed by atoms with Crippen LogP contribution in [0.4, 0.5) is 0 Å². The van der Waals surface area contributed by atoms with Crippen LogP contribution in [-0.4, -0.2) is 17.7 Å². The Labute approximate surface area is 143 Å². The highest BCUT2D eigenvalue weighted by atomic mass is 14.7. The fourth-order valence-corrected chi connectivity index (χ4v) is 1.53. The lowest BCUT2D eigenvalue weighted by atomic mass is 10.0. The number of allylic oxidation sites excluding steroid dienone is 4. The maximum atomic E-state index is 4.40. The van der Waals surface area contributed by atoms with Gasteiger partial charge in [-0.15, -0.1) is 12.8 Å². The third-order valence-electron chi connectivity index (χ3n) is 3.33. The molecule has 0 aliphatic rings. The van der Waals surface area contributed by atoms with Gasteiger partial charge in [-0.05, 0) is 39.3 Å². The summed E-state index contributed by atoms with van der Waals surface area (Å²) in [5, 5.41) is 0. The Balaban J connectivity index is 0. The van der Waals surface area contributed by atoms with Crippen LogP contribution in [0.15, 0.2) is 35.5 Å². The molecule has 1 rings (SSSR count). The predicted molar refractivity (Wildman–Crippen MR) is 106 cm³/mol. The highest BCUT2D eigenvalue weighted by molar-refractivity contribution is 6.22. The predicted octanol–water partition coefficient (Wildman–Crippen LogP) is 5.80. The van der Waals surface area contributed by atoms with Gasteiger partial charge < -0.3 is 0 Å². The van der Waals surface area contributed by atoms with Gasteiger partial charge in [0.1, 0.15) is 0 Å². The summed E-state index contributed by atoms with van der Waals surface area (Å²) >= 11 is 0. The van der Waals surface area contributed by atoms with E-state index in [0.717, 1.165) is 22.5 Å². The minimum Gasteiger partial charge on any atom is -0.293 e. The number of aliphatic imine (C=N–C) groups is 1. The van der Waals surface area contributed by atoms with E-state index in [9.17, 15) is 0 Å². The van der Waals surface area contributed by atoms with Crippen LogP contribution in [0.25, 0.3) is 5.57 Å². The Bertz CT molecular complexity index is 544. The summed E-state index contributed by atoms with van der Waals surface area (Å²) in [7, 11) is 1.81. The molecule has 0 bridgehead atoms. The highest BCUT2D eigenvalue weighted by Crippen LogP contribution is 2.18. The van der Waals surface area contributed by atoms with Crippen molar-refractivity contribution in [3.05, 3.63) is 47.3 Å². The van der Waals surface area contributed by atoms with Crippen molar-refractivity contribution in [3.63, 3.8) is 0 Å². The smallest absolute Gasteiger partial charge is 0.0402 e. The number of aryl methyl sites for hydroxylation is 2. The number of hydrogen-bond donors (Lipinski definition) is 0. The van der Waals surface area contributed by atoms with Crippen LogP contribution < -0.4 is 0 Å². The van der Waals surface area contributed by atoms with E-state index in [-0.39, 0.29) is 0 Å². The zero-order chi connectivity index (χ0) is 18.3. The first-order valence-corrected chi connectivity index (χ1v) is 8.05. The normalized spacial score (nSPS) is 11.3. The van der Waals surface area contributed by atoms with E-state index in [1.54, 1.807) is 0 Å². The minimum atomic E-state index is 1.02. The van der Waals surface area contributed by atoms with Gasteiger partial charge in [-0.1, -0.05) is 44.9 Å². The van der Waals surface area contributed by atoms with Crippen molar-refractivity contribution < 1.29 is 0 Å². The van der Waals surface area contributed by atoms with Gasteiger partial charge in [-0.25, -0.2) is 0 Å². The van der Waals surface area contributed by atoms with Crippen molar-refractivity contribution >= 4 is 11.3 Å². The van der Waals surface area contributed by atoms with Gasteiger partial charge in [-0.2, -0.15) is 0 Å². The Morgan fingerprint density at radius 2 is 1.78 bits per heavy atom. The van der Waals surface area contributed by atoms with Crippen molar-refractivity contribution in [1.29, 1.82) is 0 Å². The summed E-state index contributed by atoms with van der Waals surface area (Å²) < 4.78 is 0. The van der Waals surface area contributed by atoms with Crippen molar-refractivity contribution in [2.45, 2.75) is 54.4 Å². The summed E-state index contributed by atoms with van der Waals surface area (Å²) in [6, 6.07) is 2.16. The van der Waals surface area contributed by atoms with Crippen molar-refractivity contribution in [2.75, 3.05) is 7.05 Å². The summed E-state index contributed by atoms with van der Waals surface area (Å²) in [6.45, 7) is 12.5. The fourth-order valence-electron chi connectivity index (χ4n) is 1.53. The van der Waals surface area contributed by atoms with Gasteiger partial charge in [0.15, 0.2) is 0 Å². The Morgan fingerprint density at radius 1 is 1.22 bits per heavy atom. The van der Waals surface area contributed by atoms with E-state index >= 15 is 0 Å². The number of hydrogen-bond acceptors (Lipinski definition) is 2. The second kappa shape index (κ2) is 14.8. The molecule has 1 heterocycles. The molecule has 2 nitrogen and oxygen atoms in total. The van der Waals surface area contributed by atoms with Crippen LogP contribution in [0.1, 0.15) is 57.4 Å². The molecule has 23 heavy (non-hydrogen) atoms. The highest BCUT2D eigenvalue weighted by Gasteiger charge is 2.06. The number of rotatable bonds is 4. The standard InChI is InChI=1S/C15H20N2.C4H10.C2H2/c1-6-7-8-15(13(4)16-5)14-9-11(2)12(3)17-10-14;1-3-4-2;1-2/h6-10H,1-5H3;3-4H2,1-2H3;1-2H/b7-6-,15-8+,16-13?;;. The van der Waals surface area contributed by atoms with Crippen LogP contribution in [-0.2, 0) is 0 Å². The molecule has 0 amide bonds. The molecule has 0 spiro atoms. The molecule has 0 saturated carbocycles. The molecule has 0 unspecified atom stereocenters. The van der Waals surface area contributed by atoms with Gasteiger partial charge in [0.2, 0.25) is 0 Å². The number of nitrogens with zero attached hydrogens (tertiary/aromatic N) is 2. The van der Waals surface area contributed by atoms with Crippen LogP contribution in [0.2, 0.25) is 0 Å². The monoisotopic (exact) mass is 312 g/mol. The van der Waals surface area contributed by atoms with Gasteiger partial charge in [0, 0.05) is 35.8 Å². The fraction of sp³-hybridized carbons (Fsp3) is 0.429. The van der Waals surface area contributed by atoms with Gasteiger partial charge in [0.25, 0.3) is 0 Å². The maximum absolute atomic E-state index is 4.40. The maximum Gasteiger partial charge on any atom is 0.0402 e. The molecule has 2 heteroatoms. The largest absolute Gasteiger partial charge is 0.293 e. The second-order valence-electron chi connectivity index (χ2n) is 5.04. The van der Waals surface area contributed by atoms with E-state index in [1.165, 1.54) is 18.4 Å². The molecule has 0 saturated heterocycles. The number of pyridine rings is 1. The van der Waals surface area contributed by atoms with E-state index in [4.69, 9.17) is 0 Å². The topological polar surface area (TPSA) is 25.2 Å². The molecule has 126 valence electrons. The van der Waals surface area contributed by atoms with Crippen LogP contribution >= 0.6 is 0 Å². The molecule has 0 aromatic carbocycles. The van der Waals surface area contributed by atoms with Gasteiger partial charge in [0.05, 0.1) is 0 Å². The lowest BCUT2D eigenvalue weighted by molar-refractivity contribution is 0.886. The van der Waals surface area contributed by atoms with Crippen molar-refractivity contribution in [3.8, 4) is 12.8 Å². The molecule has 1 aromatic heterocycles. The molecule has 0 aliphatic carbocycles. The molecule has 0 N–H and O–H groups in total. The quantitative estimate of drug-likeness (QED) is 0.391. The lowest BCUT2D eigenvalue weighted by Crippen LogP contribution is -1.99. The first-order chi connectivity index (χ1) is 11.0. The number of unbranched alkanes of at least 4 members (excludes halogenated alkanes) is 1. The van der Waals surface area contributed by atoms with Crippen LogP contribution in [0.5, 0.6) is 0 Å². The lowest BCUT2D eigenvalue weighted by Gasteiger charge is -2.08. The average molecular weight is 313 g/mol. The summed E-state index contributed by atoms with van der Waals surface area (Å²) in [6.07, 6.45) is 18.7. The molecule has 0 radical (unpaired) electrons. The minimum absolute atomic E-state index is 1.02. The van der Waals surface area contributed by atoms with Gasteiger partial charge >= 0.3 is 0 Å². The van der Waals surface area contributed by atoms with E-state index in [1.807, 2.05) is 46.2 Å². The van der Waals surface area contributed by atoms with Crippen LogP contribution in [0, 0.1) is 26.7 Å². The summed E-state index contributed by atoms with van der Waals surface area (Å²) in [4.78, 5) is 8.66. The van der Waals surface area contributed by atoms with E-state index in [0.29, 0.717) is 0 Å². The average Bonchev–Trinajstić information content (AvgIpc) is 2.59. The Kier molecular flexibility index (Phi) is 14.9. The van der Waals surface area contributed by atoms with Gasteiger partial charge in [-0.3, -0.25) is 9.98 Å². The molecular formula is C21H32N2. The Morgan fingerprint density at radius 3 is 2.17 bits per heavy atom. The van der Waals surface area contributed by atoms with E-state index < -0.39 is 0 Å². The molecule has 0 atom stereocenters. The zero-order valence-electron chi connectivity index (χ0n) is 15.9. The number of terminal acetylenes is 1. The van der Waals surface area contributed by atoms with Crippen molar-refractivity contribution in [2.24, 2.45) is 4.99 Å². The molecular weight excluding hydrogens is 280 g/mol. The second-order valence-corrected chi connectivity index (χ2v) is 5.04. The summed E-state index contributed by atoms with van der Waals surface area (Å²) in [5.41, 5.74) is 5.55. The molecule has 0 aliphatic heterocycles. The third-order valence-corrected chi connectivity index (χ3v) is 3.33. The van der Waals surface area contributed by atoms with Crippen LogP contribution in [0.3, 0.4) is 0 Å².